The van der Waals surface area contributed by atoms with Crippen LogP contribution in [0, 0.1) is 11.7 Å². The lowest BCUT2D eigenvalue weighted by molar-refractivity contribution is 0.0459. The van der Waals surface area contributed by atoms with Gasteiger partial charge in [0.05, 0.1) is 17.9 Å². The van der Waals surface area contributed by atoms with Gasteiger partial charge in [-0.05, 0) is 36.2 Å². The van der Waals surface area contributed by atoms with Gasteiger partial charge in [-0.25, -0.2) is 9.18 Å². The fourth-order valence-corrected chi connectivity index (χ4v) is 1.87. The third-order valence-electron chi connectivity index (χ3n) is 3.03. The molecular weight excluding hydrogens is 297 g/mol. The third-order valence-corrected chi connectivity index (χ3v) is 3.03. The van der Waals surface area contributed by atoms with Gasteiger partial charge in [-0.3, -0.25) is 4.79 Å². The van der Waals surface area contributed by atoms with Crippen molar-refractivity contribution < 1.29 is 18.7 Å². The fourth-order valence-electron chi connectivity index (χ4n) is 1.87. The number of anilines is 1. The summed E-state index contributed by atoms with van der Waals surface area (Å²) < 4.78 is 18.7. The smallest absolute Gasteiger partial charge is 0.338 e. The molecule has 0 unspecified atom stereocenters. The van der Waals surface area contributed by atoms with Crippen LogP contribution in [0.1, 0.15) is 34.6 Å². The Morgan fingerprint density at radius 2 is 1.78 bits per heavy atom. The maximum atomic E-state index is 13.6. The number of carbonyl (C=O) groups is 2. The van der Waals surface area contributed by atoms with Gasteiger partial charge in [-0.2, -0.15) is 0 Å². The summed E-state index contributed by atoms with van der Waals surface area (Å²) in [6.45, 7) is 4.18. The van der Waals surface area contributed by atoms with E-state index in [9.17, 15) is 14.0 Å². The summed E-state index contributed by atoms with van der Waals surface area (Å²) in [5, 5.41) is 2.48. The van der Waals surface area contributed by atoms with E-state index in [0.717, 1.165) is 0 Å². The van der Waals surface area contributed by atoms with Crippen LogP contribution in [0.25, 0.3) is 0 Å². The molecule has 1 amide bonds. The van der Waals surface area contributed by atoms with E-state index in [-0.39, 0.29) is 22.7 Å². The van der Waals surface area contributed by atoms with Gasteiger partial charge in [0, 0.05) is 5.56 Å². The van der Waals surface area contributed by atoms with Gasteiger partial charge in [-0.1, -0.05) is 32.0 Å². The molecule has 0 spiro atoms. The number of rotatable bonds is 5. The van der Waals surface area contributed by atoms with Crippen molar-refractivity contribution >= 4 is 17.6 Å². The van der Waals surface area contributed by atoms with Crippen LogP contribution in [-0.2, 0) is 4.74 Å². The highest BCUT2D eigenvalue weighted by molar-refractivity contribution is 6.05. The Hall–Kier alpha value is -2.69. The molecule has 2 rings (SSSR count). The molecule has 4 nitrogen and oxygen atoms in total. The Bertz CT molecular complexity index is 713. The van der Waals surface area contributed by atoms with E-state index < -0.39 is 17.7 Å². The molecule has 0 bridgehead atoms. The first kappa shape index (κ1) is 16.7. The van der Waals surface area contributed by atoms with Crippen LogP contribution >= 0.6 is 0 Å². The summed E-state index contributed by atoms with van der Waals surface area (Å²) in [5.74, 6) is -1.27. The van der Waals surface area contributed by atoms with E-state index in [4.69, 9.17) is 4.74 Å². The maximum Gasteiger partial charge on any atom is 0.338 e. The Morgan fingerprint density at radius 1 is 1.09 bits per heavy atom. The lowest BCUT2D eigenvalue weighted by Crippen LogP contribution is -2.15. The minimum absolute atomic E-state index is 0.0882. The van der Waals surface area contributed by atoms with Crippen LogP contribution in [0.5, 0.6) is 0 Å². The zero-order chi connectivity index (χ0) is 16.8. The van der Waals surface area contributed by atoms with Crippen molar-refractivity contribution in [2.45, 2.75) is 13.8 Å². The van der Waals surface area contributed by atoms with Crippen LogP contribution in [0.2, 0.25) is 0 Å². The molecule has 0 saturated carbocycles. The second-order valence-electron chi connectivity index (χ2n) is 5.51. The third kappa shape index (κ3) is 4.64. The summed E-state index contributed by atoms with van der Waals surface area (Å²) in [7, 11) is 0. The number of halogens is 1. The second-order valence-corrected chi connectivity index (χ2v) is 5.51. The molecule has 0 heterocycles. The topological polar surface area (TPSA) is 55.4 Å². The van der Waals surface area contributed by atoms with Crippen molar-refractivity contribution in [1.82, 2.24) is 0 Å². The van der Waals surface area contributed by atoms with Gasteiger partial charge in [0.1, 0.15) is 5.82 Å². The van der Waals surface area contributed by atoms with E-state index in [2.05, 4.69) is 5.32 Å². The van der Waals surface area contributed by atoms with Crippen LogP contribution in [0.15, 0.2) is 48.5 Å². The minimum Gasteiger partial charge on any atom is -0.462 e. The van der Waals surface area contributed by atoms with E-state index in [0.29, 0.717) is 6.61 Å². The van der Waals surface area contributed by atoms with Gasteiger partial charge in [0.15, 0.2) is 0 Å². The summed E-state index contributed by atoms with van der Waals surface area (Å²) in [6, 6.07) is 12.0. The lowest BCUT2D eigenvalue weighted by atomic mass is 10.1. The molecule has 0 fully saturated rings. The number of hydrogen-bond donors (Lipinski definition) is 1. The van der Waals surface area contributed by atoms with Gasteiger partial charge >= 0.3 is 5.97 Å². The normalized spacial score (nSPS) is 10.4. The average molecular weight is 315 g/mol. The number of esters is 1. The van der Waals surface area contributed by atoms with Crippen LogP contribution in [0.4, 0.5) is 10.1 Å². The van der Waals surface area contributed by atoms with Crippen LogP contribution in [-0.4, -0.2) is 18.5 Å². The van der Waals surface area contributed by atoms with Gasteiger partial charge in [0.2, 0.25) is 0 Å². The molecule has 0 saturated heterocycles. The van der Waals surface area contributed by atoms with Crippen molar-refractivity contribution in [3.05, 3.63) is 65.5 Å². The Labute approximate surface area is 134 Å². The van der Waals surface area contributed by atoms with Crippen molar-refractivity contribution in [1.29, 1.82) is 0 Å². The number of benzene rings is 2. The largest absolute Gasteiger partial charge is 0.462 e. The number of nitrogens with one attached hydrogen (secondary N) is 1. The maximum absolute atomic E-state index is 13.6. The molecule has 0 atom stereocenters. The zero-order valence-corrected chi connectivity index (χ0v) is 13.0. The van der Waals surface area contributed by atoms with Gasteiger partial charge in [0.25, 0.3) is 5.91 Å². The summed E-state index contributed by atoms with van der Waals surface area (Å²) in [6.07, 6.45) is 0. The second kappa shape index (κ2) is 7.54. The Morgan fingerprint density at radius 3 is 2.48 bits per heavy atom. The number of para-hydroxylation sites is 1. The highest BCUT2D eigenvalue weighted by atomic mass is 19.1. The first-order valence-electron chi connectivity index (χ1n) is 7.30. The van der Waals surface area contributed by atoms with Crippen LogP contribution in [0.3, 0.4) is 0 Å². The van der Waals surface area contributed by atoms with Gasteiger partial charge in [-0.15, -0.1) is 0 Å². The molecule has 5 heteroatoms. The number of amides is 1. The molecule has 2 aromatic carbocycles. The Balaban J connectivity index is 2.11. The highest BCUT2D eigenvalue weighted by Gasteiger charge is 2.13. The average Bonchev–Trinajstić information content (AvgIpc) is 2.54. The van der Waals surface area contributed by atoms with Crippen molar-refractivity contribution in [2.75, 3.05) is 11.9 Å². The molecule has 120 valence electrons. The number of carbonyl (C=O) groups excluding carboxylic acids is 2. The van der Waals surface area contributed by atoms with Gasteiger partial charge < -0.3 is 10.1 Å². The molecule has 1 N–H and O–H groups in total. The fraction of sp³-hybridized carbons (Fsp3) is 0.222. The van der Waals surface area contributed by atoms with E-state index >= 15 is 0 Å². The highest BCUT2D eigenvalue weighted by Crippen LogP contribution is 2.15. The van der Waals surface area contributed by atoms with E-state index in [1.54, 1.807) is 24.3 Å². The van der Waals surface area contributed by atoms with Crippen molar-refractivity contribution in [3.63, 3.8) is 0 Å². The molecule has 23 heavy (non-hydrogen) atoms. The molecule has 2 aromatic rings. The Kier molecular flexibility index (Phi) is 5.46. The molecule has 0 aliphatic heterocycles. The predicted octanol–water partition coefficient (Wildman–Crippen LogP) is 3.89. The molecule has 0 aliphatic carbocycles. The molecular formula is C18H18FNO3. The lowest BCUT2D eigenvalue weighted by Gasteiger charge is -2.09. The molecule has 0 aliphatic rings. The summed E-state index contributed by atoms with van der Waals surface area (Å²) in [4.78, 5) is 24.1. The minimum atomic E-state index is -0.520. The standard InChI is InChI=1S/C18H18FNO3/c1-12(2)11-23-18(22)14-7-5-6-13(10-14)17(21)20-16-9-4-3-8-15(16)19/h3-10,12H,11H2,1-2H3,(H,20,21). The predicted molar refractivity (Wildman–Crippen MR) is 85.9 cm³/mol. The van der Waals surface area contributed by atoms with E-state index in [1.807, 2.05) is 13.8 Å². The van der Waals surface area contributed by atoms with Crippen LogP contribution < -0.4 is 5.32 Å². The summed E-state index contributed by atoms with van der Waals surface area (Å²) in [5.41, 5.74) is 0.629. The number of hydrogen-bond acceptors (Lipinski definition) is 3. The first-order chi connectivity index (χ1) is 11.0. The quantitative estimate of drug-likeness (QED) is 0.852. The molecule has 0 radical (unpaired) electrons. The van der Waals surface area contributed by atoms with Crippen molar-refractivity contribution in [3.8, 4) is 0 Å². The zero-order valence-electron chi connectivity index (χ0n) is 13.0. The monoisotopic (exact) mass is 315 g/mol. The number of ether oxygens (including phenoxy) is 1. The SMILES string of the molecule is CC(C)COC(=O)c1cccc(C(=O)Nc2ccccc2F)c1. The first-order valence-corrected chi connectivity index (χ1v) is 7.30. The molecule has 0 aromatic heterocycles. The van der Waals surface area contributed by atoms with Crippen molar-refractivity contribution in [2.24, 2.45) is 5.92 Å². The summed E-state index contributed by atoms with van der Waals surface area (Å²) >= 11 is 0. The van der Waals surface area contributed by atoms with E-state index in [1.165, 1.54) is 24.3 Å².